The third-order valence-corrected chi connectivity index (χ3v) is 1.93. The van der Waals surface area contributed by atoms with Crippen LogP contribution >= 0.6 is 15.9 Å². The van der Waals surface area contributed by atoms with Crippen LogP contribution < -0.4 is 0 Å². The molecule has 13 heavy (non-hydrogen) atoms. The molecule has 1 N–H and O–H groups in total. The van der Waals surface area contributed by atoms with Crippen molar-refractivity contribution >= 4 is 15.9 Å². The summed E-state index contributed by atoms with van der Waals surface area (Å²) in [5, 5.41) is 18.2. The van der Waals surface area contributed by atoms with Crippen molar-refractivity contribution in [2.45, 2.75) is 18.9 Å². The van der Waals surface area contributed by atoms with E-state index < -0.39 is 5.60 Å². The zero-order valence-corrected chi connectivity index (χ0v) is 8.61. The van der Waals surface area contributed by atoms with Crippen molar-refractivity contribution in [3.8, 4) is 6.07 Å². The molecule has 1 aromatic rings. The van der Waals surface area contributed by atoms with Gasteiger partial charge in [0.1, 0.15) is 5.60 Å². The topological polar surface area (TPSA) is 69.8 Å². The van der Waals surface area contributed by atoms with Gasteiger partial charge in [-0.15, -0.1) is 0 Å². The predicted octanol–water partition coefficient (Wildman–Crippen LogP) is 1.36. The minimum Gasteiger partial charge on any atom is -0.381 e. The Morgan fingerprint density at radius 1 is 1.62 bits per heavy atom. The standard InChI is InChI=1S/C8H8BrN3O/c1-8(13,2-3-10)7-11-4-6(9)5-12-7/h4-5,13H,2H2,1H3/t8-/m0/s1. The first-order chi connectivity index (χ1) is 6.06. The molecule has 4 nitrogen and oxygen atoms in total. The Hall–Kier alpha value is -0.990. The number of hydrogen-bond donors (Lipinski definition) is 1. The molecule has 0 unspecified atom stereocenters. The lowest BCUT2D eigenvalue weighted by Gasteiger charge is -2.17. The molecule has 68 valence electrons. The molecule has 0 aromatic carbocycles. The average Bonchev–Trinajstić information content (AvgIpc) is 2.05. The molecule has 0 aliphatic carbocycles. The van der Waals surface area contributed by atoms with E-state index in [9.17, 15) is 5.11 Å². The number of hydrogen-bond acceptors (Lipinski definition) is 4. The Bertz CT molecular complexity index is 328. The van der Waals surface area contributed by atoms with E-state index in [4.69, 9.17) is 5.26 Å². The molecule has 0 saturated heterocycles. The van der Waals surface area contributed by atoms with E-state index in [-0.39, 0.29) is 12.2 Å². The van der Waals surface area contributed by atoms with Crippen molar-refractivity contribution in [2.24, 2.45) is 0 Å². The van der Waals surface area contributed by atoms with Crippen molar-refractivity contribution in [3.63, 3.8) is 0 Å². The number of nitriles is 1. The number of nitrogens with zero attached hydrogens (tertiary/aromatic N) is 3. The van der Waals surface area contributed by atoms with Gasteiger partial charge in [-0.05, 0) is 22.9 Å². The number of halogens is 1. The Balaban J connectivity index is 2.95. The van der Waals surface area contributed by atoms with E-state index in [2.05, 4.69) is 25.9 Å². The van der Waals surface area contributed by atoms with Crippen LogP contribution in [0, 0.1) is 11.3 Å². The maximum absolute atomic E-state index is 9.71. The van der Waals surface area contributed by atoms with Crippen LogP contribution in [0.2, 0.25) is 0 Å². The monoisotopic (exact) mass is 241 g/mol. The summed E-state index contributed by atoms with van der Waals surface area (Å²) in [6, 6.07) is 1.88. The zero-order valence-electron chi connectivity index (χ0n) is 7.03. The smallest absolute Gasteiger partial charge is 0.160 e. The molecule has 0 aliphatic heterocycles. The number of aromatic nitrogens is 2. The summed E-state index contributed by atoms with van der Waals surface area (Å²) in [6.07, 6.45) is 3.05. The quantitative estimate of drug-likeness (QED) is 0.849. The summed E-state index contributed by atoms with van der Waals surface area (Å²) in [4.78, 5) is 7.82. The molecule has 1 aromatic heterocycles. The minimum absolute atomic E-state index is 0.0192. The lowest BCUT2D eigenvalue weighted by Crippen LogP contribution is -2.23. The molecule has 0 aliphatic rings. The molecule has 0 amide bonds. The van der Waals surface area contributed by atoms with Crippen molar-refractivity contribution in [1.82, 2.24) is 9.97 Å². The molecular formula is C8H8BrN3O. The summed E-state index contributed by atoms with van der Waals surface area (Å²) >= 11 is 3.18. The maximum Gasteiger partial charge on any atom is 0.160 e. The molecular weight excluding hydrogens is 234 g/mol. The van der Waals surface area contributed by atoms with Gasteiger partial charge in [-0.2, -0.15) is 5.26 Å². The summed E-state index contributed by atoms with van der Waals surface area (Å²) in [5.41, 5.74) is -1.27. The highest BCUT2D eigenvalue weighted by atomic mass is 79.9. The summed E-state index contributed by atoms with van der Waals surface area (Å²) < 4.78 is 0.740. The van der Waals surface area contributed by atoms with Gasteiger partial charge in [-0.1, -0.05) is 0 Å². The van der Waals surface area contributed by atoms with Crippen LogP contribution in [-0.2, 0) is 5.60 Å². The second kappa shape index (κ2) is 3.81. The van der Waals surface area contributed by atoms with Gasteiger partial charge in [-0.25, -0.2) is 9.97 Å². The zero-order chi connectivity index (χ0) is 9.90. The van der Waals surface area contributed by atoms with E-state index in [1.807, 2.05) is 6.07 Å². The van der Waals surface area contributed by atoms with Crippen molar-refractivity contribution in [2.75, 3.05) is 0 Å². The van der Waals surface area contributed by atoms with Gasteiger partial charge in [0.2, 0.25) is 0 Å². The van der Waals surface area contributed by atoms with Crippen LogP contribution in [0.4, 0.5) is 0 Å². The minimum atomic E-state index is -1.27. The summed E-state index contributed by atoms with van der Waals surface area (Å²) in [6.45, 7) is 1.51. The van der Waals surface area contributed by atoms with Crippen molar-refractivity contribution in [3.05, 3.63) is 22.7 Å². The van der Waals surface area contributed by atoms with Gasteiger partial charge < -0.3 is 5.11 Å². The fraction of sp³-hybridized carbons (Fsp3) is 0.375. The molecule has 0 radical (unpaired) electrons. The van der Waals surface area contributed by atoms with Gasteiger partial charge in [0.05, 0.1) is 17.0 Å². The molecule has 1 rings (SSSR count). The maximum atomic E-state index is 9.71. The van der Waals surface area contributed by atoms with Gasteiger partial charge in [-0.3, -0.25) is 0 Å². The van der Waals surface area contributed by atoms with Gasteiger partial charge >= 0.3 is 0 Å². The molecule has 0 bridgehead atoms. The van der Waals surface area contributed by atoms with Crippen LogP contribution in [-0.4, -0.2) is 15.1 Å². The van der Waals surface area contributed by atoms with Crippen LogP contribution in [0.25, 0.3) is 0 Å². The molecule has 0 saturated carbocycles. The van der Waals surface area contributed by atoms with Crippen LogP contribution in [0.15, 0.2) is 16.9 Å². The van der Waals surface area contributed by atoms with Crippen molar-refractivity contribution < 1.29 is 5.11 Å². The Morgan fingerprint density at radius 2 is 2.15 bits per heavy atom. The van der Waals surface area contributed by atoms with Gasteiger partial charge in [0.25, 0.3) is 0 Å². The van der Waals surface area contributed by atoms with Crippen LogP contribution in [0.3, 0.4) is 0 Å². The van der Waals surface area contributed by atoms with E-state index in [0.717, 1.165) is 4.47 Å². The van der Waals surface area contributed by atoms with Gasteiger partial charge in [0, 0.05) is 12.4 Å². The Labute approximate surface area is 84.4 Å². The Kier molecular flexibility index (Phi) is 2.96. The normalized spacial score (nSPS) is 14.6. The first-order valence-electron chi connectivity index (χ1n) is 3.63. The van der Waals surface area contributed by atoms with Crippen molar-refractivity contribution in [1.29, 1.82) is 5.26 Å². The lowest BCUT2D eigenvalue weighted by atomic mass is 10.0. The van der Waals surface area contributed by atoms with E-state index in [1.54, 1.807) is 0 Å². The number of rotatable bonds is 2. The highest BCUT2D eigenvalue weighted by molar-refractivity contribution is 9.10. The fourth-order valence-corrected chi connectivity index (χ4v) is 1.03. The molecule has 1 atom stereocenters. The molecule has 0 spiro atoms. The van der Waals surface area contributed by atoms with E-state index in [1.165, 1.54) is 19.3 Å². The largest absolute Gasteiger partial charge is 0.381 e. The average molecular weight is 242 g/mol. The second-order valence-corrected chi connectivity index (χ2v) is 3.75. The predicted molar refractivity (Wildman–Crippen MR) is 49.5 cm³/mol. The third kappa shape index (κ3) is 2.47. The first kappa shape index (κ1) is 10.1. The molecule has 5 heteroatoms. The van der Waals surface area contributed by atoms with E-state index >= 15 is 0 Å². The SMILES string of the molecule is C[C@](O)(CC#N)c1ncc(Br)cn1. The molecule has 1 heterocycles. The highest BCUT2D eigenvalue weighted by Crippen LogP contribution is 2.20. The summed E-state index contributed by atoms with van der Waals surface area (Å²) in [7, 11) is 0. The van der Waals surface area contributed by atoms with E-state index in [0.29, 0.717) is 0 Å². The van der Waals surface area contributed by atoms with Gasteiger partial charge in [0.15, 0.2) is 5.82 Å². The van der Waals surface area contributed by atoms with Crippen LogP contribution in [0.5, 0.6) is 0 Å². The fourth-order valence-electron chi connectivity index (χ4n) is 0.823. The Morgan fingerprint density at radius 3 is 2.62 bits per heavy atom. The second-order valence-electron chi connectivity index (χ2n) is 2.83. The lowest BCUT2D eigenvalue weighted by molar-refractivity contribution is 0.0527. The first-order valence-corrected chi connectivity index (χ1v) is 4.43. The highest BCUT2D eigenvalue weighted by Gasteiger charge is 2.25. The molecule has 0 fully saturated rings. The summed E-state index contributed by atoms with van der Waals surface area (Å²) in [5.74, 6) is 0.261. The number of aliphatic hydroxyl groups is 1. The third-order valence-electron chi connectivity index (χ3n) is 1.53. The van der Waals surface area contributed by atoms with Crippen LogP contribution in [0.1, 0.15) is 19.2 Å².